The van der Waals surface area contributed by atoms with Crippen molar-refractivity contribution >= 4 is 6.03 Å². The van der Waals surface area contributed by atoms with E-state index in [1.807, 2.05) is 0 Å². The van der Waals surface area contributed by atoms with Gasteiger partial charge in [0.1, 0.15) is 0 Å². The fraction of sp³-hybridized carbons (Fsp3) is 0.900. The van der Waals surface area contributed by atoms with Crippen molar-refractivity contribution in [3.8, 4) is 0 Å². The summed E-state index contributed by atoms with van der Waals surface area (Å²) in [5, 5.41) is 5.53. The van der Waals surface area contributed by atoms with Crippen molar-refractivity contribution in [3.05, 3.63) is 0 Å². The number of amides is 2. The molecule has 0 aromatic carbocycles. The number of nitrogens with two attached hydrogens (primary N) is 1. The molecule has 0 unspecified atom stereocenters. The summed E-state index contributed by atoms with van der Waals surface area (Å²) in [5.41, 5.74) is 5.25. The molecule has 0 saturated carbocycles. The lowest BCUT2D eigenvalue weighted by atomic mass is 10.3. The van der Waals surface area contributed by atoms with Crippen LogP contribution in [0.3, 0.4) is 0 Å². The van der Waals surface area contributed by atoms with Crippen molar-refractivity contribution < 1.29 is 9.53 Å². The van der Waals surface area contributed by atoms with Gasteiger partial charge in [-0.3, -0.25) is 0 Å². The molecule has 0 aromatic heterocycles. The Morgan fingerprint density at radius 2 is 1.87 bits per heavy atom. The third kappa shape index (κ3) is 11.1. The summed E-state index contributed by atoms with van der Waals surface area (Å²) in [7, 11) is 0. The van der Waals surface area contributed by atoms with Gasteiger partial charge in [-0.2, -0.15) is 0 Å². The molecule has 15 heavy (non-hydrogen) atoms. The van der Waals surface area contributed by atoms with E-state index in [4.69, 9.17) is 10.5 Å². The van der Waals surface area contributed by atoms with Gasteiger partial charge in [0.15, 0.2) is 0 Å². The van der Waals surface area contributed by atoms with Crippen LogP contribution >= 0.6 is 0 Å². The number of carbonyl (C=O) groups is 1. The minimum atomic E-state index is -0.0951. The lowest BCUT2D eigenvalue weighted by Crippen LogP contribution is -2.36. The van der Waals surface area contributed by atoms with Crippen LogP contribution in [0.1, 0.15) is 26.2 Å². The van der Waals surface area contributed by atoms with Gasteiger partial charge in [0.2, 0.25) is 0 Å². The largest absolute Gasteiger partial charge is 0.380 e. The second kappa shape index (κ2) is 11.3. The van der Waals surface area contributed by atoms with Crippen LogP contribution in [0.2, 0.25) is 0 Å². The summed E-state index contributed by atoms with van der Waals surface area (Å²) in [6.45, 7) is 5.25. The Hall–Kier alpha value is -0.810. The maximum absolute atomic E-state index is 11.1. The zero-order valence-corrected chi connectivity index (χ0v) is 9.55. The number of nitrogens with one attached hydrogen (secondary N) is 2. The van der Waals surface area contributed by atoms with Gasteiger partial charge in [0, 0.05) is 26.2 Å². The molecular weight excluding hydrogens is 194 g/mol. The molecule has 0 aliphatic heterocycles. The molecule has 0 heterocycles. The zero-order chi connectivity index (χ0) is 11.4. The summed E-state index contributed by atoms with van der Waals surface area (Å²) in [6.07, 6.45) is 2.93. The SMILES string of the molecule is CCCCNC(=O)NCCCOCCN. The average Bonchev–Trinajstić information content (AvgIpc) is 2.23. The highest BCUT2D eigenvalue weighted by molar-refractivity contribution is 5.73. The molecular formula is C10H23N3O2. The van der Waals surface area contributed by atoms with Gasteiger partial charge in [-0.25, -0.2) is 4.79 Å². The molecule has 0 aliphatic rings. The van der Waals surface area contributed by atoms with Crippen LogP contribution < -0.4 is 16.4 Å². The number of hydrogen-bond donors (Lipinski definition) is 3. The van der Waals surface area contributed by atoms with Crippen LogP contribution in [-0.2, 0) is 4.74 Å². The monoisotopic (exact) mass is 217 g/mol. The van der Waals surface area contributed by atoms with E-state index >= 15 is 0 Å². The fourth-order valence-corrected chi connectivity index (χ4v) is 1.00. The maximum atomic E-state index is 11.1. The summed E-state index contributed by atoms with van der Waals surface area (Å²) in [4.78, 5) is 11.1. The normalized spacial score (nSPS) is 10.0. The van der Waals surface area contributed by atoms with Crippen LogP contribution in [0.25, 0.3) is 0 Å². The van der Waals surface area contributed by atoms with E-state index in [-0.39, 0.29) is 6.03 Å². The molecule has 0 radical (unpaired) electrons. The van der Waals surface area contributed by atoms with Crippen molar-refractivity contribution in [2.45, 2.75) is 26.2 Å². The molecule has 0 spiro atoms. The molecule has 0 rings (SSSR count). The Morgan fingerprint density at radius 3 is 2.47 bits per heavy atom. The first kappa shape index (κ1) is 14.2. The second-order valence-electron chi connectivity index (χ2n) is 3.29. The summed E-state index contributed by atoms with van der Waals surface area (Å²) in [6, 6.07) is -0.0951. The predicted molar refractivity (Wildman–Crippen MR) is 60.8 cm³/mol. The van der Waals surface area contributed by atoms with E-state index in [1.165, 1.54) is 0 Å². The van der Waals surface area contributed by atoms with E-state index < -0.39 is 0 Å². The van der Waals surface area contributed by atoms with Crippen molar-refractivity contribution in [1.29, 1.82) is 0 Å². The molecule has 0 fully saturated rings. The number of urea groups is 1. The van der Waals surface area contributed by atoms with Gasteiger partial charge in [0.05, 0.1) is 6.61 Å². The van der Waals surface area contributed by atoms with Crippen molar-refractivity contribution in [3.63, 3.8) is 0 Å². The highest BCUT2D eigenvalue weighted by Crippen LogP contribution is 1.83. The van der Waals surface area contributed by atoms with E-state index in [0.717, 1.165) is 25.8 Å². The smallest absolute Gasteiger partial charge is 0.314 e. The quantitative estimate of drug-likeness (QED) is 0.491. The lowest BCUT2D eigenvalue weighted by Gasteiger charge is -2.07. The van der Waals surface area contributed by atoms with Crippen molar-refractivity contribution in [1.82, 2.24) is 10.6 Å². The fourth-order valence-electron chi connectivity index (χ4n) is 1.00. The first-order valence-electron chi connectivity index (χ1n) is 5.60. The van der Waals surface area contributed by atoms with Crippen molar-refractivity contribution in [2.24, 2.45) is 5.73 Å². The molecule has 5 nitrogen and oxygen atoms in total. The number of rotatable bonds is 9. The molecule has 0 saturated heterocycles. The minimum Gasteiger partial charge on any atom is -0.380 e. The first-order valence-corrected chi connectivity index (χ1v) is 5.60. The molecule has 0 aliphatic carbocycles. The molecule has 0 bridgehead atoms. The van der Waals surface area contributed by atoms with Gasteiger partial charge < -0.3 is 21.1 Å². The van der Waals surface area contributed by atoms with Crippen LogP contribution in [0.5, 0.6) is 0 Å². The Bertz CT molecular complexity index is 154. The topological polar surface area (TPSA) is 76.4 Å². The molecule has 90 valence electrons. The van der Waals surface area contributed by atoms with Crippen LogP contribution in [-0.4, -0.2) is 38.9 Å². The van der Waals surface area contributed by atoms with Gasteiger partial charge in [-0.05, 0) is 12.8 Å². The van der Waals surface area contributed by atoms with Crippen LogP contribution in [0, 0.1) is 0 Å². The van der Waals surface area contributed by atoms with E-state index in [1.54, 1.807) is 0 Å². The van der Waals surface area contributed by atoms with Gasteiger partial charge in [-0.15, -0.1) is 0 Å². The Morgan fingerprint density at radius 1 is 1.20 bits per heavy atom. The van der Waals surface area contributed by atoms with E-state index in [9.17, 15) is 4.79 Å². The number of ether oxygens (including phenoxy) is 1. The minimum absolute atomic E-state index is 0.0951. The predicted octanol–water partition coefficient (Wildman–Crippen LogP) is 0.451. The summed E-state index contributed by atoms with van der Waals surface area (Å²) < 4.78 is 5.17. The highest BCUT2D eigenvalue weighted by atomic mass is 16.5. The zero-order valence-electron chi connectivity index (χ0n) is 9.55. The Balaban J connectivity index is 3.10. The molecule has 0 atom stereocenters. The van der Waals surface area contributed by atoms with Crippen molar-refractivity contribution in [2.75, 3.05) is 32.8 Å². The standard InChI is InChI=1S/C10H23N3O2/c1-2-3-6-12-10(14)13-7-4-8-15-9-5-11/h2-9,11H2,1H3,(H2,12,13,14). The lowest BCUT2D eigenvalue weighted by molar-refractivity contribution is 0.139. The molecule has 0 aromatic rings. The second-order valence-corrected chi connectivity index (χ2v) is 3.29. The first-order chi connectivity index (χ1) is 7.31. The Kier molecular flexibility index (Phi) is 10.7. The average molecular weight is 217 g/mol. The van der Waals surface area contributed by atoms with E-state index in [2.05, 4.69) is 17.6 Å². The molecule has 5 heteroatoms. The van der Waals surface area contributed by atoms with Gasteiger partial charge >= 0.3 is 6.03 Å². The number of unbranched alkanes of at least 4 members (excludes halogenated alkanes) is 1. The van der Waals surface area contributed by atoms with E-state index in [0.29, 0.717) is 26.3 Å². The number of hydrogen-bond acceptors (Lipinski definition) is 3. The highest BCUT2D eigenvalue weighted by Gasteiger charge is 1.97. The summed E-state index contributed by atoms with van der Waals surface area (Å²) >= 11 is 0. The summed E-state index contributed by atoms with van der Waals surface area (Å²) in [5.74, 6) is 0. The number of carbonyl (C=O) groups excluding carboxylic acids is 1. The molecule has 2 amide bonds. The third-order valence-corrected chi connectivity index (χ3v) is 1.83. The van der Waals surface area contributed by atoms with Gasteiger partial charge in [-0.1, -0.05) is 13.3 Å². The molecule has 4 N–H and O–H groups in total. The van der Waals surface area contributed by atoms with Gasteiger partial charge in [0.25, 0.3) is 0 Å². The maximum Gasteiger partial charge on any atom is 0.314 e. The van der Waals surface area contributed by atoms with Crippen LogP contribution in [0.4, 0.5) is 4.79 Å². The third-order valence-electron chi connectivity index (χ3n) is 1.83. The Labute approximate surface area is 91.7 Å². The van der Waals surface area contributed by atoms with Crippen LogP contribution in [0.15, 0.2) is 0 Å².